The number of hydrogen-bond acceptors (Lipinski definition) is 5. The van der Waals surface area contributed by atoms with Crippen molar-refractivity contribution in [2.75, 3.05) is 13.7 Å². The first-order chi connectivity index (χ1) is 9.17. The van der Waals surface area contributed by atoms with Gasteiger partial charge < -0.3 is 4.74 Å². The van der Waals surface area contributed by atoms with Gasteiger partial charge in [-0.3, -0.25) is 9.67 Å². The highest BCUT2D eigenvalue weighted by Gasteiger charge is 2.14. The molecule has 0 aliphatic rings. The zero-order valence-electron chi connectivity index (χ0n) is 11.3. The minimum absolute atomic E-state index is 0.583. The minimum Gasteiger partial charge on any atom is -0.383 e. The van der Waals surface area contributed by atoms with E-state index in [9.17, 15) is 0 Å². The van der Waals surface area contributed by atoms with Crippen molar-refractivity contribution in [2.45, 2.75) is 26.8 Å². The number of methoxy groups -OCH3 is 1. The lowest BCUT2D eigenvalue weighted by atomic mass is 10.1. The van der Waals surface area contributed by atoms with E-state index in [1.807, 2.05) is 24.5 Å². The van der Waals surface area contributed by atoms with Crippen LogP contribution in [-0.4, -0.2) is 38.7 Å². The molecule has 0 aliphatic carbocycles. The quantitative estimate of drug-likeness (QED) is 0.847. The molecule has 0 aliphatic heterocycles. The predicted molar refractivity (Wildman–Crippen MR) is 74.4 cm³/mol. The van der Waals surface area contributed by atoms with Crippen molar-refractivity contribution in [3.63, 3.8) is 0 Å². The summed E-state index contributed by atoms with van der Waals surface area (Å²) in [6, 6.07) is 1.99. The Morgan fingerprint density at radius 3 is 2.89 bits per heavy atom. The molecule has 0 fully saturated rings. The number of ether oxygens (including phenoxy) is 1. The summed E-state index contributed by atoms with van der Waals surface area (Å²) in [7, 11) is 1.67. The second kappa shape index (κ2) is 6.03. The van der Waals surface area contributed by atoms with E-state index in [4.69, 9.17) is 17.0 Å². The minimum atomic E-state index is 0.583. The molecule has 0 unspecified atom stereocenters. The van der Waals surface area contributed by atoms with Gasteiger partial charge in [0.1, 0.15) is 0 Å². The Bertz CT molecular complexity index is 619. The van der Waals surface area contributed by atoms with E-state index in [0.29, 0.717) is 17.9 Å². The maximum absolute atomic E-state index is 5.25. The van der Waals surface area contributed by atoms with Crippen LogP contribution in [0.1, 0.15) is 18.3 Å². The number of aryl methyl sites for hydroxylation is 2. The van der Waals surface area contributed by atoms with Gasteiger partial charge in [-0.05, 0) is 31.6 Å². The molecule has 0 atom stereocenters. The predicted octanol–water partition coefficient (Wildman–Crippen LogP) is 1.91. The number of nitrogens with one attached hydrogen (secondary N) is 1. The zero-order chi connectivity index (χ0) is 13.8. The molecule has 0 amide bonds. The van der Waals surface area contributed by atoms with Gasteiger partial charge in [0.2, 0.25) is 0 Å². The molecule has 102 valence electrons. The van der Waals surface area contributed by atoms with Gasteiger partial charge in [0, 0.05) is 12.7 Å². The lowest BCUT2D eigenvalue weighted by Gasteiger charge is -2.09. The number of rotatable bonds is 5. The van der Waals surface area contributed by atoms with E-state index in [0.717, 1.165) is 29.2 Å². The van der Waals surface area contributed by atoms with Gasteiger partial charge in [-0.1, -0.05) is 6.92 Å². The number of aromatic amines is 1. The third-order valence-corrected chi connectivity index (χ3v) is 3.16. The lowest BCUT2D eigenvalue weighted by Crippen LogP contribution is -2.08. The second-order valence-electron chi connectivity index (χ2n) is 4.20. The molecule has 6 nitrogen and oxygen atoms in total. The lowest BCUT2D eigenvalue weighted by molar-refractivity contribution is 0.187. The highest BCUT2D eigenvalue weighted by atomic mass is 32.1. The summed E-state index contributed by atoms with van der Waals surface area (Å²) >= 11 is 5.25. The van der Waals surface area contributed by atoms with Crippen molar-refractivity contribution in [1.82, 2.24) is 25.0 Å². The van der Waals surface area contributed by atoms with Gasteiger partial charge >= 0.3 is 0 Å². The molecule has 0 aromatic carbocycles. The molecule has 7 heteroatoms. The number of aromatic nitrogens is 5. The highest BCUT2D eigenvalue weighted by molar-refractivity contribution is 7.71. The van der Waals surface area contributed by atoms with Crippen LogP contribution in [0.25, 0.3) is 11.4 Å². The third kappa shape index (κ3) is 2.87. The fraction of sp³-hybridized carbons (Fsp3) is 0.500. The summed E-state index contributed by atoms with van der Waals surface area (Å²) in [4.78, 5) is 0. The van der Waals surface area contributed by atoms with E-state index in [1.165, 1.54) is 0 Å². The van der Waals surface area contributed by atoms with Crippen LogP contribution in [0.5, 0.6) is 0 Å². The standard InChI is InChI=1S/C12H17N5OS/c1-4-10-9(7-8(2)13-14-10)11-15-16-12(19)17(11)5-6-18-3/h7H,4-6H2,1-3H3,(H,16,19). The van der Waals surface area contributed by atoms with Crippen molar-refractivity contribution >= 4 is 12.2 Å². The van der Waals surface area contributed by atoms with E-state index < -0.39 is 0 Å². The fourth-order valence-corrected chi connectivity index (χ4v) is 2.11. The Kier molecular flexibility index (Phi) is 4.39. The van der Waals surface area contributed by atoms with E-state index in [2.05, 4.69) is 20.4 Å². The molecule has 2 rings (SSSR count). The summed E-state index contributed by atoms with van der Waals surface area (Å²) in [5.74, 6) is 0.789. The van der Waals surface area contributed by atoms with Gasteiger partial charge in [0.15, 0.2) is 10.6 Å². The first-order valence-electron chi connectivity index (χ1n) is 6.15. The van der Waals surface area contributed by atoms with E-state index in [1.54, 1.807) is 7.11 Å². The van der Waals surface area contributed by atoms with Crippen molar-refractivity contribution in [3.8, 4) is 11.4 Å². The Labute approximate surface area is 116 Å². The Morgan fingerprint density at radius 2 is 2.21 bits per heavy atom. The van der Waals surface area contributed by atoms with Crippen LogP contribution in [0, 0.1) is 11.7 Å². The first kappa shape index (κ1) is 13.8. The summed E-state index contributed by atoms with van der Waals surface area (Å²) in [5.41, 5.74) is 2.75. The molecule has 0 radical (unpaired) electrons. The molecular weight excluding hydrogens is 262 g/mol. The Hall–Kier alpha value is -1.60. The molecule has 0 saturated heterocycles. The normalized spacial score (nSPS) is 10.9. The van der Waals surface area contributed by atoms with Gasteiger partial charge in [0.25, 0.3) is 0 Å². The highest BCUT2D eigenvalue weighted by Crippen LogP contribution is 2.21. The van der Waals surface area contributed by atoms with Crippen LogP contribution < -0.4 is 0 Å². The van der Waals surface area contributed by atoms with Gasteiger partial charge in [-0.2, -0.15) is 15.3 Å². The number of hydrogen-bond donors (Lipinski definition) is 1. The van der Waals surface area contributed by atoms with Crippen molar-refractivity contribution in [2.24, 2.45) is 0 Å². The van der Waals surface area contributed by atoms with Crippen LogP contribution >= 0.6 is 12.2 Å². The van der Waals surface area contributed by atoms with Crippen LogP contribution in [0.15, 0.2) is 6.07 Å². The van der Waals surface area contributed by atoms with Crippen LogP contribution in [-0.2, 0) is 17.7 Å². The maximum Gasteiger partial charge on any atom is 0.195 e. The molecule has 2 aromatic heterocycles. The summed E-state index contributed by atoms with van der Waals surface area (Å²) in [6.07, 6.45) is 0.798. The molecule has 0 bridgehead atoms. The monoisotopic (exact) mass is 279 g/mol. The molecular formula is C12H17N5OS. The van der Waals surface area contributed by atoms with Crippen LogP contribution in [0.4, 0.5) is 0 Å². The zero-order valence-corrected chi connectivity index (χ0v) is 12.1. The SMILES string of the molecule is CCc1nnc(C)cc1-c1n[nH]c(=S)n1CCOC. The molecule has 19 heavy (non-hydrogen) atoms. The van der Waals surface area contributed by atoms with E-state index >= 15 is 0 Å². The molecule has 2 heterocycles. The molecule has 1 N–H and O–H groups in total. The van der Waals surface area contributed by atoms with Gasteiger partial charge in [0.05, 0.1) is 24.5 Å². The fourth-order valence-electron chi connectivity index (χ4n) is 1.88. The van der Waals surface area contributed by atoms with E-state index in [-0.39, 0.29) is 0 Å². The first-order valence-corrected chi connectivity index (χ1v) is 6.56. The van der Waals surface area contributed by atoms with Crippen molar-refractivity contribution in [1.29, 1.82) is 0 Å². The number of nitrogens with zero attached hydrogens (tertiary/aromatic N) is 4. The Morgan fingerprint density at radius 1 is 1.42 bits per heavy atom. The second-order valence-corrected chi connectivity index (χ2v) is 4.58. The average Bonchev–Trinajstić information content (AvgIpc) is 2.77. The van der Waals surface area contributed by atoms with Crippen LogP contribution in [0.3, 0.4) is 0 Å². The largest absolute Gasteiger partial charge is 0.383 e. The summed E-state index contributed by atoms with van der Waals surface area (Å²) < 4.78 is 7.62. The molecule has 2 aromatic rings. The summed E-state index contributed by atoms with van der Waals surface area (Å²) in [5, 5.41) is 15.4. The molecule has 0 spiro atoms. The third-order valence-electron chi connectivity index (χ3n) is 2.85. The van der Waals surface area contributed by atoms with Crippen LogP contribution in [0.2, 0.25) is 0 Å². The smallest absolute Gasteiger partial charge is 0.195 e. The Balaban J connectivity index is 2.52. The number of H-pyrrole nitrogens is 1. The maximum atomic E-state index is 5.25. The topological polar surface area (TPSA) is 68.6 Å². The van der Waals surface area contributed by atoms with Gasteiger partial charge in [-0.25, -0.2) is 0 Å². The van der Waals surface area contributed by atoms with Crippen molar-refractivity contribution < 1.29 is 4.74 Å². The van der Waals surface area contributed by atoms with Gasteiger partial charge in [-0.15, -0.1) is 0 Å². The van der Waals surface area contributed by atoms with Crippen molar-refractivity contribution in [3.05, 3.63) is 22.2 Å². The summed E-state index contributed by atoms with van der Waals surface area (Å²) in [6.45, 7) is 5.20. The molecule has 0 saturated carbocycles. The average molecular weight is 279 g/mol.